The fourth-order valence-corrected chi connectivity index (χ4v) is 0.949. The van der Waals surface area contributed by atoms with Gasteiger partial charge in [0.2, 0.25) is 5.91 Å². The van der Waals surface area contributed by atoms with Crippen LogP contribution in [0.15, 0.2) is 43.0 Å². The lowest BCUT2D eigenvalue weighted by Gasteiger charge is -2.08. The van der Waals surface area contributed by atoms with Crippen LogP contribution in [0.2, 0.25) is 0 Å². The Hall–Kier alpha value is -1.61. The van der Waals surface area contributed by atoms with Crippen molar-refractivity contribution in [2.75, 3.05) is 14.1 Å². The number of carbonyl (C=O) groups excluding carboxylic acids is 1. The van der Waals surface area contributed by atoms with Gasteiger partial charge in [-0.05, 0) is 25.7 Å². The van der Waals surface area contributed by atoms with Gasteiger partial charge in [0.1, 0.15) is 0 Å². The summed E-state index contributed by atoms with van der Waals surface area (Å²) in [5.74, 6) is -0.481. The summed E-state index contributed by atoms with van der Waals surface area (Å²) in [7, 11) is 4.15. The van der Waals surface area contributed by atoms with E-state index in [4.69, 9.17) is 0 Å². The maximum Gasteiger partial charge on any atom is 0.240 e. The quantitative estimate of drug-likeness (QED) is 0.760. The Labute approximate surface area is 91.2 Å². The molecule has 3 nitrogen and oxygen atoms in total. The molecule has 0 radical (unpaired) electrons. The van der Waals surface area contributed by atoms with Crippen LogP contribution in [0.5, 0.6) is 0 Å². The van der Waals surface area contributed by atoms with Gasteiger partial charge in [0, 0.05) is 6.54 Å². The van der Waals surface area contributed by atoms with Crippen molar-refractivity contribution >= 4 is 5.91 Å². The average molecular weight is 206 g/mol. The molecular weight excluding hydrogens is 188 g/mol. The molecule has 2 N–H and O–H groups in total. The minimum absolute atomic E-state index is 0.481. The summed E-state index contributed by atoms with van der Waals surface area (Å²) < 4.78 is 0. The molecule has 0 bridgehead atoms. The SMILES string of the molecule is C=CC(N)=O.CN(C)Cc1ccccc1. The van der Waals surface area contributed by atoms with Crippen molar-refractivity contribution in [1.29, 1.82) is 0 Å². The van der Waals surface area contributed by atoms with E-state index in [2.05, 4.69) is 55.6 Å². The molecule has 0 spiro atoms. The predicted molar refractivity (Wildman–Crippen MR) is 63.2 cm³/mol. The van der Waals surface area contributed by atoms with E-state index < -0.39 is 5.91 Å². The zero-order valence-electron chi connectivity index (χ0n) is 9.31. The highest BCUT2D eigenvalue weighted by atomic mass is 16.1. The first-order valence-electron chi connectivity index (χ1n) is 4.66. The third-order valence-corrected chi connectivity index (χ3v) is 1.54. The van der Waals surface area contributed by atoms with Crippen LogP contribution in [0.1, 0.15) is 5.56 Å². The van der Waals surface area contributed by atoms with Gasteiger partial charge in [-0.25, -0.2) is 0 Å². The Kier molecular flexibility index (Phi) is 6.93. The normalized spacial score (nSPS) is 9.00. The molecule has 0 fully saturated rings. The van der Waals surface area contributed by atoms with Crippen LogP contribution in [0.25, 0.3) is 0 Å². The monoisotopic (exact) mass is 206 g/mol. The Balaban J connectivity index is 0.000000336. The topological polar surface area (TPSA) is 46.3 Å². The van der Waals surface area contributed by atoms with Gasteiger partial charge in [0.25, 0.3) is 0 Å². The van der Waals surface area contributed by atoms with Gasteiger partial charge >= 0.3 is 0 Å². The van der Waals surface area contributed by atoms with Crippen molar-refractivity contribution in [3.63, 3.8) is 0 Å². The zero-order valence-corrected chi connectivity index (χ0v) is 9.31. The second-order valence-electron chi connectivity index (χ2n) is 3.33. The average Bonchev–Trinajstić information content (AvgIpc) is 2.19. The van der Waals surface area contributed by atoms with Crippen LogP contribution in [-0.2, 0) is 11.3 Å². The van der Waals surface area contributed by atoms with E-state index in [1.807, 2.05) is 6.07 Å². The highest BCUT2D eigenvalue weighted by molar-refractivity contribution is 5.84. The lowest BCUT2D eigenvalue weighted by molar-refractivity contribution is -0.113. The summed E-state index contributed by atoms with van der Waals surface area (Å²) in [5.41, 5.74) is 5.90. The summed E-state index contributed by atoms with van der Waals surface area (Å²) in [6, 6.07) is 10.5. The molecule has 0 atom stereocenters. The number of nitrogens with zero attached hydrogens (tertiary/aromatic N) is 1. The molecule has 1 rings (SSSR count). The first-order valence-corrected chi connectivity index (χ1v) is 4.66. The van der Waals surface area contributed by atoms with E-state index in [0.29, 0.717) is 0 Å². The van der Waals surface area contributed by atoms with E-state index >= 15 is 0 Å². The van der Waals surface area contributed by atoms with E-state index in [9.17, 15) is 4.79 Å². The van der Waals surface area contributed by atoms with Crippen molar-refractivity contribution in [1.82, 2.24) is 4.90 Å². The Morgan fingerprint density at radius 2 is 1.87 bits per heavy atom. The fraction of sp³-hybridized carbons (Fsp3) is 0.250. The van der Waals surface area contributed by atoms with Gasteiger partial charge in [0.05, 0.1) is 0 Å². The Bertz CT molecular complexity index is 294. The molecule has 82 valence electrons. The molecular formula is C12H18N2O. The van der Waals surface area contributed by atoms with Crippen LogP contribution in [0.4, 0.5) is 0 Å². The number of carbonyl (C=O) groups is 1. The standard InChI is InChI=1S/C9H13N.C3H5NO/c1-10(2)8-9-6-4-3-5-7-9;1-2-3(4)5/h3-7H,8H2,1-2H3;2H,1H2,(H2,4,5). The predicted octanol–water partition coefficient (Wildman–Crippen LogP) is 1.41. The molecule has 0 aliphatic carbocycles. The number of rotatable bonds is 3. The van der Waals surface area contributed by atoms with Crippen LogP contribution in [0.3, 0.4) is 0 Å². The second-order valence-corrected chi connectivity index (χ2v) is 3.33. The smallest absolute Gasteiger partial charge is 0.240 e. The molecule has 0 aliphatic heterocycles. The summed E-state index contributed by atoms with van der Waals surface area (Å²) in [5, 5.41) is 0. The summed E-state index contributed by atoms with van der Waals surface area (Å²) in [4.78, 5) is 11.6. The number of benzene rings is 1. The zero-order chi connectivity index (χ0) is 11.7. The van der Waals surface area contributed by atoms with Crippen LogP contribution in [-0.4, -0.2) is 24.9 Å². The molecule has 1 amide bonds. The fourth-order valence-electron chi connectivity index (χ4n) is 0.949. The number of hydrogen-bond donors (Lipinski definition) is 1. The first-order chi connectivity index (χ1) is 7.06. The second kappa shape index (κ2) is 7.76. The molecule has 1 aromatic carbocycles. The molecule has 0 aromatic heterocycles. The Morgan fingerprint density at radius 3 is 2.20 bits per heavy atom. The van der Waals surface area contributed by atoms with E-state index in [0.717, 1.165) is 12.6 Å². The minimum atomic E-state index is -0.481. The summed E-state index contributed by atoms with van der Waals surface area (Å²) >= 11 is 0. The highest BCUT2D eigenvalue weighted by Crippen LogP contribution is 1.99. The highest BCUT2D eigenvalue weighted by Gasteiger charge is 1.90. The van der Waals surface area contributed by atoms with Gasteiger partial charge < -0.3 is 10.6 Å². The van der Waals surface area contributed by atoms with E-state index in [-0.39, 0.29) is 0 Å². The number of hydrogen-bond acceptors (Lipinski definition) is 2. The molecule has 3 heteroatoms. The van der Waals surface area contributed by atoms with Gasteiger partial charge in [-0.1, -0.05) is 36.9 Å². The van der Waals surface area contributed by atoms with E-state index in [1.165, 1.54) is 5.56 Å². The first kappa shape index (κ1) is 13.4. The van der Waals surface area contributed by atoms with Gasteiger partial charge in [-0.3, -0.25) is 4.79 Å². The minimum Gasteiger partial charge on any atom is -0.366 e. The van der Waals surface area contributed by atoms with Crippen molar-refractivity contribution in [2.45, 2.75) is 6.54 Å². The molecule has 0 saturated heterocycles. The van der Waals surface area contributed by atoms with Crippen molar-refractivity contribution in [3.8, 4) is 0 Å². The number of primary amides is 1. The Morgan fingerprint density at radius 1 is 1.40 bits per heavy atom. The molecule has 0 unspecified atom stereocenters. The lowest BCUT2D eigenvalue weighted by Crippen LogP contribution is -2.10. The summed E-state index contributed by atoms with van der Waals surface area (Å²) in [6.07, 6.45) is 1.06. The van der Waals surface area contributed by atoms with Crippen LogP contribution >= 0.6 is 0 Å². The lowest BCUT2D eigenvalue weighted by atomic mass is 10.2. The maximum absolute atomic E-state index is 9.47. The van der Waals surface area contributed by atoms with Crippen molar-refractivity contribution in [3.05, 3.63) is 48.6 Å². The number of amides is 1. The van der Waals surface area contributed by atoms with Crippen molar-refractivity contribution in [2.24, 2.45) is 5.73 Å². The molecule has 0 aliphatic rings. The van der Waals surface area contributed by atoms with E-state index in [1.54, 1.807) is 0 Å². The van der Waals surface area contributed by atoms with Crippen LogP contribution in [0, 0.1) is 0 Å². The molecule has 1 aromatic rings. The van der Waals surface area contributed by atoms with Gasteiger partial charge in [0.15, 0.2) is 0 Å². The third kappa shape index (κ3) is 8.71. The summed E-state index contributed by atoms with van der Waals surface area (Å²) in [6.45, 7) is 4.11. The van der Waals surface area contributed by atoms with Gasteiger partial charge in [-0.15, -0.1) is 0 Å². The molecule has 0 saturated carbocycles. The van der Waals surface area contributed by atoms with Gasteiger partial charge in [-0.2, -0.15) is 0 Å². The molecule has 0 heterocycles. The maximum atomic E-state index is 9.47. The largest absolute Gasteiger partial charge is 0.366 e. The number of nitrogens with two attached hydrogens (primary N) is 1. The van der Waals surface area contributed by atoms with Crippen LogP contribution < -0.4 is 5.73 Å². The third-order valence-electron chi connectivity index (χ3n) is 1.54. The van der Waals surface area contributed by atoms with Crippen molar-refractivity contribution < 1.29 is 4.79 Å². The molecule has 15 heavy (non-hydrogen) atoms.